The molecule has 4 nitrogen and oxygen atoms in total. The molecule has 1 aromatic rings. The third-order valence-corrected chi connectivity index (χ3v) is 3.23. The van der Waals surface area contributed by atoms with Crippen molar-refractivity contribution in [2.45, 2.75) is 39.2 Å². The molecular formula is C15H21ClO4. The smallest absolute Gasteiger partial charge is 0.339 e. The highest BCUT2D eigenvalue weighted by Gasteiger charge is 2.27. The van der Waals surface area contributed by atoms with Crippen molar-refractivity contribution < 1.29 is 19.4 Å². The zero-order chi connectivity index (χ0) is 15.5. The standard InChI is InChI=1S/C15H21ClO4/c1-6-20-14(18)12(17)10-7-9(15(2,3)4)8-11(16)13(10)19-5/h7-8,12,17H,6H2,1-5H3. The van der Waals surface area contributed by atoms with Gasteiger partial charge in [-0.1, -0.05) is 32.4 Å². The summed E-state index contributed by atoms with van der Waals surface area (Å²) in [5, 5.41) is 10.5. The Morgan fingerprint density at radius 2 is 2.00 bits per heavy atom. The molecule has 1 atom stereocenters. The molecular weight excluding hydrogens is 280 g/mol. The summed E-state index contributed by atoms with van der Waals surface area (Å²) < 4.78 is 10.0. The van der Waals surface area contributed by atoms with E-state index >= 15 is 0 Å². The molecule has 0 aliphatic rings. The van der Waals surface area contributed by atoms with Crippen LogP contribution in [0.2, 0.25) is 5.02 Å². The molecule has 0 spiro atoms. The van der Waals surface area contributed by atoms with E-state index in [4.69, 9.17) is 21.1 Å². The van der Waals surface area contributed by atoms with Gasteiger partial charge in [0.05, 0.1) is 18.7 Å². The Kier molecular flexibility index (Phi) is 5.42. The minimum atomic E-state index is -1.41. The topological polar surface area (TPSA) is 55.8 Å². The summed E-state index contributed by atoms with van der Waals surface area (Å²) in [4.78, 5) is 11.7. The van der Waals surface area contributed by atoms with Gasteiger partial charge in [0.2, 0.25) is 0 Å². The summed E-state index contributed by atoms with van der Waals surface area (Å²) in [7, 11) is 1.44. The number of carbonyl (C=O) groups excluding carboxylic acids is 1. The van der Waals surface area contributed by atoms with Crippen LogP contribution in [-0.4, -0.2) is 24.8 Å². The van der Waals surface area contributed by atoms with Crippen LogP contribution in [0.4, 0.5) is 0 Å². The van der Waals surface area contributed by atoms with E-state index in [1.165, 1.54) is 7.11 Å². The van der Waals surface area contributed by atoms with Crippen molar-refractivity contribution in [1.29, 1.82) is 0 Å². The van der Waals surface area contributed by atoms with Crippen LogP contribution in [0.5, 0.6) is 5.75 Å². The Labute approximate surface area is 124 Å². The van der Waals surface area contributed by atoms with Crippen molar-refractivity contribution in [3.63, 3.8) is 0 Å². The molecule has 0 fully saturated rings. The van der Waals surface area contributed by atoms with Crippen LogP contribution < -0.4 is 4.74 Å². The van der Waals surface area contributed by atoms with Crippen molar-refractivity contribution in [2.24, 2.45) is 0 Å². The molecule has 20 heavy (non-hydrogen) atoms. The van der Waals surface area contributed by atoms with Gasteiger partial charge >= 0.3 is 5.97 Å². The van der Waals surface area contributed by atoms with E-state index in [1.807, 2.05) is 20.8 Å². The number of hydrogen-bond donors (Lipinski definition) is 1. The van der Waals surface area contributed by atoms with E-state index in [0.29, 0.717) is 16.3 Å². The first-order chi connectivity index (χ1) is 9.22. The van der Waals surface area contributed by atoms with Crippen LogP contribution in [0, 0.1) is 0 Å². The molecule has 0 heterocycles. The van der Waals surface area contributed by atoms with E-state index in [9.17, 15) is 9.90 Å². The van der Waals surface area contributed by atoms with Gasteiger partial charge in [-0.05, 0) is 30.0 Å². The van der Waals surface area contributed by atoms with E-state index in [1.54, 1.807) is 19.1 Å². The molecule has 5 heteroatoms. The molecule has 0 aliphatic heterocycles. The SMILES string of the molecule is CCOC(=O)C(O)c1cc(C(C)(C)C)cc(Cl)c1OC. The minimum Gasteiger partial charge on any atom is -0.495 e. The van der Waals surface area contributed by atoms with Crippen LogP contribution in [0.3, 0.4) is 0 Å². The molecule has 0 aliphatic carbocycles. The number of aliphatic hydroxyl groups is 1. The van der Waals surface area contributed by atoms with Gasteiger partial charge < -0.3 is 14.6 Å². The quantitative estimate of drug-likeness (QED) is 0.867. The minimum absolute atomic E-state index is 0.168. The Morgan fingerprint density at radius 3 is 2.45 bits per heavy atom. The van der Waals surface area contributed by atoms with Gasteiger partial charge in [0.1, 0.15) is 5.75 Å². The highest BCUT2D eigenvalue weighted by molar-refractivity contribution is 6.32. The van der Waals surface area contributed by atoms with Gasteiger partial charge in [-0.2, -0.15) is 0 Å². The fraction of sp³-hybridized carbons (Fsp3) is 0.533. The predicted octanol–water partition coefficient (Wildman–Crippen LogP) is 3.24. The second kappa shape index (κ2) is 6.46. The largest absolute Gasteiger partial charge is 0.495 e. The monoisotopic (exact) mass is 300 g/mol. The fourth-order valence-electron chi connectivity index (χ4n) is 1.81. The Balaban J connectivity index is 3.35. The van der Waals surface area contributed by atoms with E-state index in [0.717, 1.165) is 5.56 Å². The van der Waals surface area contributed by atoms with Crippen LogP contribution in [0.25, 0.3) is 0 Å². The summed E-state index contributed by atoms with van der Waals surface area (Å²) >= 11 is 6.18. The first-order valence-corrected chi connectivity index (χ1v) is 6.82. The molecule has 112 valence electrons. The third-order valence-electron chi connectivity index (χ3n) is 2.95. The Bertz CT molecular complexity index is 491. The second-order valence-electron chi connectivity index (χ2n) is 5.49. The maximum Gasteiger partial charge on any atom is 0.339 e. The van der Waals surface area contributed by atoms with Gasteiger partial charge in [0.25, 0.3) is 0 Å². The van der Waals surface area contributed by atoms with Crippen LogP contribution >= 0.6 is 11.6 Å². The molecule has 0 bridgehead atoms. The molecule has 0 amide bonds. The Hall–Kier alpha value is -1.26. The molecule has 0 saturated carbocycles. The van der Waals surface area contributed by atoms with E-state index in [-0.39, 0.29) is 12.0 Å². The lowest BCUT2D eigenvalue weighted by atomic mass is 9.85. The van der Waals surface area contributed by atoms with Gasteiger partial charge in [0, 0.05) is 5.56 Å². The summed E-state index contributed by atoms with van der Waals surface area (Å²) in [6, 6.07) is 3.51. The lowest BCUT2D eigenvalue weighted by molar-refractivity contribution is -0.153. The molecule has 1 N–H and O–H groups in total. The lowest BCUT2D eigenvalue weighted by Crippen LogP contribution is -2.18. The van der Waals surface area contributed by atoms with Gasteiger partial charge in [-0.25, -0.2) is 4.79 Å². The zero-order valence-electron chi connectivity index (χ0n) is 12.5. The van der Waals surface area contributed by atoms with Crippen molar-refractivity contribution >= 4 is 17.6 Å². The summed E-state index contributed by atoms with van der Waals surface area (Å²) in [5.74, 6) is -0.423. The van der Waals surface area contributed by atoms with Gasteiger partial charge in [-0.15, -0.1) is 0 Å². The maximum absolute atomic E-state index is 11.7. The summed E-state index contributed by atoms with van der Waals surface area (Å²) in [6.45, 7) is 7.94. The number of hydrogen-bond acceptors (Lipinski definition) is 4. The summed E-state index contributed by atoms with van der Waals surface area (Å²) in [6.07, 6.45) is -1.41. The third kappa shape index (κ3) is 3.64. The van der Waals surface area contributed by atoms with Crippen molar-refractivity contribution in [3.05, 3.63) is 28.3 Å². The zero-order valence-corrected chi connectivity index (χ0v) is 13.2. The fourth-order valence-corrected chi connectivity index (χ4v) is 2.12. The average molecular weight is 301 g/mol. The molecule has 1 rings (SSSR count). The van der Waals surface area contributed by atoms with E-state index in [2.05, 4.69) is 0 Å². The first kappa shape index (κ1) is 16.8. The number of rotatable bonds is 4. The number of carbonyl (C=O) groups is 1. The molecule has 1 unspecified atom stereocenters. The van der Waals surface area contributed by atoms with Crippen LogP contribution in [0.1, 0.15) is 44.9 Å². The van der Waals surface area contributed by atoms with E-state index < -0.39 is 12.1 Å². The first-order valence-electron chi connectivity index (χ1n) is 6.45. The highest BCUT2D eigenvalue weighted by atomic mass is 35.5. The summed E-state index contributed by atoms with van der Waals surface area (Å²) in [5.41, 5.74) is 1.06. The number of aliphatic hydroxyl groups excluding tert-OH is 1. The van der Waals surface area contributed by atoms with Crippen molar-refractivity contribution in [1.82, 2.24) is 0 Å². The normalized spacial score (nSPS) is 12.9. The number of benzene rings is 1. The van der Waals surface area contributed by atoms with Crippen LogP contribution in [-0.2, 0) is 14.9 Å². The number of halogens is 1. The number of ether oxygens (including phenoxy) is 2. The molecule has 0 aromatic heterocycles. The van der Waals surface area contributed by atoms with Crippen molar-refractivity contribution in [2.75, 3.05) is 13.7 Å². The number of esters is 1. The predicted molar refractivity (Wildman–Crippen MR) is 78.3 cm³/mol. The van der Waals surface area contributed by atoms with Crippen LogP contribution in [0.15, 0.2) is 12.1 Å². The molecule has 0 saturated heterocycles. The number of methoxy groups -OCH3 is 1. The van der Waals surface area contributed by atoms with Gasteiger partial charge in [-0.3, -0.25) is 0 Å². The average Bonchev–Trinajstić information content (AvgIpc) is 2.36. The highest BCUT2D eigenvalue weighted by Crippen LogP contribution is 2.38. The van der Waals surface area contributed by atoms with Crippen molar-refractivity contribution in [3.8, 4) is 5.75 Å². The lowest BCUT2D eigenvalue weighted by Gasteiger charge is -2.23. The Morgan fingerprint density at radius 1 is 1.40 bits per heavy atom. The molecule has 1 aromatic carbocycles. The maximum atomic E-state index is 11.7. The van der Waals surface area contributed by atoms with Gasteiger partial charge in [0.15, 0.2) is 6.10 Å². The molecule has 0 radical (unpaired) electrons. The second-order valence-corrected chi connectivity index (χ2v) is 5.89.